The summed E-state index contributed by atoms with van der Waals surface area (Å²) < 4.78 is 0. The Morgan fingerprint density at radius 2 is 1.85 bits per heavy atom. The molecule has 0 radical (unpaired) electrons. The Morgan fingerprint density at radius 1 is 1.23 bits per heavy atom. The normalized spacial score (nSPS) is 8.69. The van der Waals surface area contributed by atoms with Crippen molar-refractivity contribution in [1.29, 1.82) is 0 Å². The summed E-state index contributed by atoms with van der Waals surface area (Å²) in [6.45, 7) is 2.12. The largest absolute Gasteiger partial charge is 0.124 e. The van der Waals surface area contributed by atoms with E-state index in [1.165, 1.54) is 0 Å². The molecule has 0 heterocycles. The number of hydrogen-bond acceptors (Lipinski definition) is 0. The summed E-state index contributed by atoms with van der Waals surface area (Å²) >= 11 is 11.8. The molecule has 0 N–H and O–H groups in total. The number of rotatable bonds is 2. The van der Waals surface area contributed by atoms with Gasteiger partial charge < -0.3 is 0 Å². The Bertz CT molecular complexity index is 277. The van der Waals surface area contributed by atoms with Crippen LogP contribution in [-0.2, 0) is 6.42 Å². The van der Waals surface area contributed by atoms with Gasteiger partial charge in [-0.25, -0.2) is 0 Å². The van der Waals surface area contributed by atoms with Gasteiger partial charge in [0.25, 0.3) is 0 Å². The van der Waals surface area contributed by atoms with Gasteiger partial charge in [-0.05, 0) is 18.1 Å². The van der Waals surface area contributed by atoms with Crippen molar-refractivity contribution in [3.05, 3.63) is 33.8 Å². The summed E-state index contributed by atoms with van der Waals surface area (Å²) in [6, 6.07) is 5.75. The zero-order valence-corrected chi connectivity index (χ0v) is 9.07. The van der Waals surface area contributed by atoms with Gasteiger partial charge in [0.15, 0.2) is 0 Å². The molecule has 1 aromatic rings. The average molecular weight is 215 g/mol. The molecule has 70 valence electrons. The first-order valence-corrected chi connectivity index (χ1v) is 4.77. The minimum absolute atomic E-state index is 0.651. The predicted octanol–water partition coefficient (Wildman–Crippen LogP) is 4.20. The maximum absolute atomic E-state index is 5.94. The van der Waals surface area contributed by atoms with Gasteiger partial charge in [-0.2, -0.15) is 0 Å². The summed E-state index contributed by atoms with van der Waals surface area (Å²) in [6.07, 6.45) is 10.1. The van der Waals surface area contributed by atoms with Crippen molar-refractivity contribution < 1.29 is 0 Å². The number of hydrogen-bond donors (Lipinski definition) is 0. The minimum Gasteiger partial charge on any atom is -0.124 e. The molecule has 0 fully saturated rings. The third-order valence-corrected chi connectivity index (χ3v) is 2.41. The van der Waals surface area contributed by atoms with E-state index in [1.54, 1.807) is 0 Å². The Labute approximate surface area is 89.9 Å². The van der Waals surface area contributed by atoms with E-state index in [-0.39, 0.29) is 0 Å². The lowest BCUT2D eigenvalue weighted by molar-refractivity contribution is 0.922. The van der Waals surface area contributed by atoms with Gasteiger partial charge in [-0.1, -0.05) is 48.7 Å². The summed E-state index contributed by atoms with van der Waals surface area (Å²) in [5.74, 6) is 0. The van der Waals surface area contributed by atoms with E-state index in [9.17, 15) is 0 Å². The molecule has 13 heavy (non-hydrogen) atoms. The lowest BCUT2D eigenvalue weighted by Crippen LogP contribution is -1.84. The monoisotopic (exact) mass is 214 g/mol. The second kappa shape index (κ2) is 6.83. The molecule has 0 saturated carbocycles. The van der Waals surface area contributed by atoms with E-state index in [0.717, 1.165) is 18.4 Å². The number of aryl methyl sites for hydroxylation is 1. The van der Waals surface area contributed by atoms with Crippen LogP contribution in [0.25, 0.3) is 0 Å². The molecule has 1 aromatic carbocycles. The van der Waals surface area contributed by atoms with Crippen molar-refractivity contribution in [3.8, 4) is 12.8 Å². The second-order valence-corrected chi connectivity index (χ2v) is 3.25. The lowest BCUT2D eigenvalue weighted by Gasteiger charge is -2.02. The van der Waals surface area contributed by atoms with Crippen LogP contribution in [-0.4, -0.2) is 0 Å². The first-order valence-electron chi connectivity index (χ1n) is 4.02. The summed E-state index contributed by atoms with van der Waals surface area (Å²) in [5.41, 5.74) is 1.14. The topological polar surface area (TPSA) is 0 Å². The highest BCUT2D eigenvalue weighted by atomic mass is 35.5. The van der Waals surface area contributed by atoms with Crippen LogP contribution in [0, 0.1) is 12.8 Å². The molecule has 0 spiro atoms. The highest BCUT2D eigenvalue weighted by Crippen LogP contribution is 2.26. The van der Waals surface area contributed by atoms with Crippen LogP contribution >= 0.6 is 23.2 Å². The Morgan fingerprint density at radius 3 is 2.38 bits per heavy atom. The molecule has 0 bridgehead atoms. The van der Waals surface area contributed by atoms with Gasteiger partial charge in [0.05, 0.1) is 10.0 Å². The lowest BCUT2D eigenvalue weighted by atomic mass is 10.1. The fraction of sp³-hybridized carbons (Fsp3) is 0.273. The van der Waals surface area contributed by atoms with E-state index >= 15 is 0 Å². The molecular weight excluding hydrogens is 203 g/mol. The third-order valence-electron chi connectivity index (χ3n) is 1.55. The van der Waals surface area contributed by atoms with E-state index in [4.69, 9.17) is 23.2 Å². The summed E-state index contributed by atoms with van der Waals surface area (Å²) in [4.78, 5) is 0. The molecule has 0 aliphatic carbocycles. The summed E-state index contributed by atoms with van der Waals surface area (Å²) in [7, 11) is 0. The fourth-order valence-electron chi connectivity index (χ4n) is 1.01. The standard InChI is InChI=1S/C9H10Cl2.C2H2/c1-2-4-7-5-3-6-8(10)9(7)11;1-2/h3,5-6H,2,4H2,1H3;1-2H. The molecule has 0 atom stereocenters. The van der Waals surface area contributed by atoms with Crippen molar-refractivity contribution in [2.75, 3.05) is 0 Å². The Balaban J connectivity index is 0.000000671. The van der Waals surface area contributed by atoms with Crippen molar-refractivity contribution >= 4 is 23.2 Å². The van der Waals surface area contributed by atoms with Crippen LogP contribution in [0.5, 0.6) is 0 Å². The predicted molar refractivity (Wildman–Crippen MR) is 60.3 cm³/mol. The number of halogens is 2. The van der Waals surface area contributed by atoms with E-state index in [0.29, 0.717) is 10.0 Å². The highest BCUT2D eigenvalue weighted by Gasteiger charge is 2.01. The molecule has 0 aromatic heterocycles. The van der Waals surface area contributed by atoms with Crippen LogP contribution in [0.1, 0.15) is 18.9 Å². The second-order valence-electron chi connectivity index (χ2n) is 2.46. The number of terminal acetylenes is 1. The van der Waals surface area contributed by atoms with E-state index < -0.39 is 0 Å². The van der Waals surface area contributed by atoms with Gasteiger partial charge in [-0.15, -0.1) is 12.8 Å². The molecule has 0 amide bonds. The van der Waals surface area contributed by atoms with Gasteiger partial charge in [-0.3, -0.25) is 0 Å². The van der Waals surface area contributed by atoms with E-state index in [1.807, 2.05) is 18.2 Å². The van der Waals surface area contributed by atoms with Crippen molar-refractivity contribution in [2.45, 2.75) is 19.8 Å². The molecule has 2 heteroatoms. The Hall–Kier alpha value is -0.640. The highest BCUT2D eigenvalue weighted by molar-refractivity contribution is 6.42. The quantitative estimate of drug-likeness (QED) is 0.648. The minimum atomic E-state index is 0.651. The summed E-state index contributed by atoms with van der Waals surface area (Å²) in [5, 5.41) is 1.36. The first kappa shape index (κ1) is 12.4. The zero-order chi connectivity index (χ0) is 10.3. The van der Waals surface area contributed by atoms with Gasteiger partial charge >= 0.3 is 0 Å². The first-order chi connectivity index (χ1) is 6.25. The van der Waals surface area contributed by atoms with Gasteiger partial charge in [0.2, 0.25) is 0 Å². The SMILES string of the molecule is C#C.CCCc1cccc(Cl)c1Cl. The smallest absolute Gasteiger partial charge is 0.0624 e. The van der Waals surface area contributed by atoms with E-state index in [2.05, 4.69) is 19.8 Å². The van der Waals surface area contributed by atoms with Gasteiger partial charge in [0, 0.05) is 0 Å². The van der Waals surface area contributed by atoms with Crippen LogP contribution in [0.2, 0.25) is 10.0 Å². The average Bonchev–Trinajstić information content (AvgIpc) is 2.17. The molecule has 0 unspecified atom stereocenters. The molecular formula is C11H12Cl2. The zero-order valence-electron chi connectivity index (χ0n) is 7.56. The number of benzene rings is 1. The van der Waals surface area contributed by atoms with Crippen LogP contribution in [0.4, 0.5) is 0 Å². The fourth-order valence-corrected chi connectivity index (χ4v) is 1.43. The maximum atomic E-state index is 5.94. The third kappa shape index (κ3) is 3.72. The maximum Gasteiger partial charge on any atom is 0.0624 e. The van der Waals surface area contributed by atoms with Crippen LogP contribution in [0.3, 0.4) is 0 Å². The van der Waals surface area contributed by atoms with Crippen molar-refractivity contribution in [3.63, 3.8) is 0 Å². The molecule has 0 aliphatic heterocycles. The van der Waals surface area contributed by atoms with Crippen molar-refractivity contribution in [1.82, 2.24) is 0 Å². The van der Waals surface area contributed by atoms with Gasteiger partial charge in [0.1, 0.15) is 0 Å². The molecule has 0 aliphatic rings. The van der Waals surface area contributed by atoms with Crippen molar-refractivity contribution in [2.24, 2.45) is 0 Å². The van der Waals surface area contributed by atoms with Crippen LogP contribution in [0.15, 0.2) is 18.2 Å². The van der Waals surface area contributed by atoms with Crippen LogP contribution < -0.4 is 0 Å². The Kier molecular flexibility index (Phi) is 6.49. The molecule has 1 rings (SSSR count). The molecule has 0 nitrogen and oxygen atoms in total. The molecule has 0 saturated heterocycles.